The van der Waals surface area contributed by atoms with E-state index >= 15 is 0 Å². The summed E-state index contributed by atoms with van der Waals surface area (Å²) in [5.41, 5.74) is 0.834. The molecule has 1 aromatic carbocycles. The maximum absolute atomic E-state index is 12.5. The van der Waals surface area contributed by atoms with Gasteiger partial charge < -0.3 is 20.5 Å². The van der Waals surface area contributed by atoms with Gasteiger partial charge in [0.1, 0.15) is 18.7 Å². The molecule has 0 aliphatic rings. The lowest BCUT2D eigenvalue weighted by Gasteiger charge is -2.22. The second kappa shape index (κ2) is 12.2. The third-order valence-electron chi connectivity index (χ3n) is 3.75. The number of amides is 2. The topological polar surface area (TPSA) is 105 Å². The Labute approximate surface area is 164 Å². The first kappa shape index (κ1) is 22.8. The van der Waals surface area contributed by atoms with E-state index in [2.05, 4.69) is 10.6 Å². The highest BCUT2D eigenvalue weighted by Crippen LogP contribution is 2.08. The van der Waals surface area contributed by atoms with Crippen molar-refractivity contribution >= 4 is 29.7 Å². The summed E-state index contributed by atoms with van der Waals surface area (Å²) < 4.78 is 5.16. The van der Waals surface area contributed by atoms with E-state index in [4.69, 9.17) is 4.74 Å². The van der Waals surface area contributed by atoms with Crippen LogP contribution in [0.4, 0.5) is 4.79 Å². The molecule has 0 aliphatic carbocycles. The number of carboxylic acids is 1. The van der Waals surface area contributed by atoms with Crippen LogP contribution in [0.15, 0.2) is 30.3 Å². The molecule has 0 aliphatic heterocycles. The molecular weight excluding hydrogens is 368 g/mol. The monoisotopic (exact) mass is 396 g/mol. The molecular formula is C19H28N2O5S. The number of thioether (sulfide) groups is 1. The van der Waals surface area contributed by atoms with E-state index in [1.165, 1.54) is 11.8 Å². The molecule has 1 rings (SSSR count). The molecule has 0 saturated heterocycles. The second-order valence-corrected chi connectivity index (χ2v) is 7.55. The first-order chi connectivity index (χ1) is 12.8. The van der Waals surface area contributed by atoms with Crippen molar-refractivity contribution in [3.8, 4) is 0 Å². The molecule has 0 fully saturated rings. The Morgan fingerprint density at radius 1 is 1.11 bits per heavy atom. The van der Waals surface area contributed by atoms with E-state index in [0.29, 0.717) is 18.6 Å². The highest BCUT2D eigenvalue weighted by molar-refractivity contribution is 7.98. The van der Waals surface area contributed by atoms with Crippen LogP contribution in [-0.4, -0.2) is 47.2 Å². The van der Waals surface area contributed by atoms with Gasteiger partial charge in [0.2, 0.25) is 5.91 Å². The number of carboxylic acid groups (broad SMARTS) is 1. The number of aliphatic carboxylic acids is 1. The standard InChI is InChI=1S/C19H28N2O5S/c1-13(2)11-16(17(22)20-15(18(23)24)9-10-27-3)21-19(25)26-12-14-7-5-4-6-8-14/h4-8,13,15-16H,9-12H2,1-3H3,(H,20,22)(H,21,25)(H,23,24)/t15-,16+/m0/s1. The fourth-order valence-corrected chi connectivity index (χ4v) is 2.85. The molecule has 0 bridgehead atoms. The van der Waals surface area contributed by atoms with E-state index in [1.54, 1.807) is 0 Å². The van der Waals surface area contributed by atoms with Gasteiger partial charge in [0.25, 0.3) is 0 Å². The minimum atomic E-state index is -1.09. The van der Waals surface area contributed by atoms with Crippen LogP contribution in [0.2, 0.25) is 0 Å². The normalized spacial score (nSPS) is 12.9. The predicted molar refractivity (Wildman–Crippen MR) is 106 cm³/mol. The molecule has 2 amide bonds. The molecule has 0 radical (unpaired) electrons. The average molecular weight is 397 g/mol. The van der Waals surface area contributed by atoms with Gasteiger partial charge in [-0.05, 0) is 36.3 Å². The molecule has 7 nitrogen and oxygen atoms in total. The first-order valence-corrected chi connectivity index (χ1v) is 10.2. The van der Waals surface area contributed by atoms with Gasteiger partial charge in [-0.3, -0.25) is 4.79 Å². The van der Waals surface area contributed by atoms with Crippen LogP contribution >= 0.6 is 11.8 Å². The number of hydrogen-bond donors (Lipinski definition) is 3. The van der Waals surface area contributed by atoms with Crippen molar-refractivity contribution in [1.29, 1.82) is 0 Å². The molecule has 0 unspecified atom stereocenters. The van der Waals surface area contributed by atoms with Gasteiger partial charge >= 0.3 is 12.1 Å². The summed E-state index contributed by atoms with van der Waals surface area (Å²) in [6.45, 7) is 3.92. The average Bonchev–Trinajstić information content (AvgIpc) is 2.63. The maximum Gasteiger partial charge on any atom is 0.408 e. The van der Waals surface area contributed by atoms with Crippen LogP contribution in [0.5, 0.6) is 0 Å². The summed E-state index contributed by atoms with van der Waals surface area (Å²) in [5, 5.41) is 14.3. The minimum Gasteiger partial charge on any atom is -0.480 e. The van der Waals surface area contributed by atoms with Crippen molar-refractivity contribution in [2.24, 2.45) is 5.92 Å². The van der Waals surface area contributed by atoms with E-state index in [-0.39, 0.29) is 12.5 Å². The largest absolute Gasteiger partial charge is 0.480 e. The quantitative estimate of drug-likeness (QED) is 0.531. The number of carbonyl (C=O) groups is 3. The smallest absolute Gasteiger partial charge is 0.408 e. The van der Waals surface area contributed by atoms with Crippen LogP contribution in [0, 0.1) is 5.92 Å². The number of benzene rings is 1. The summed E-state index contributed by atoms with van der Waals surface area (Å²) >= 11 is 1.50. The number of nitrogens with one attached hydrogen (secondary N) is 2. The Balaban J connectivity index is 2.65. The number of alkyl carbamates (subject to hydrolysis) is 1. The number of rotatable bonds is 11. The van der Waals surface area contributed by atoms with Gasteiger partial charge in [-0.15, -0.1) is 0 Å². The van der Waals surface area contributed by atoms with Crippen molar-refractivity contribution in [2.75, 3.05) is 12.0 Å². The SMILES string of the molecule is CSCC[C@H](NC(=O)[C@@H](CC(C)C)NC(=O)OCc1ccccc1)C(=O)O. The molecule has 0 spiro atoms. The molecule has 27 heavy (non-hydrogen) atoms. The Bertz CT molecular complexity index is 609. The fourth-order valence-electron chi connectivity index (χ4n) is 2.38. The van der Waals surface area contributed by atoms with Gasteiger partial charge in [-0.25, -0.2) is 9.59 Å². The fraction of sp³-hybridized carbons (Fsp3) is 0.526. The Kier molecular flexibility index (Phi) is 10.3. The van der Waals surface area contributed by atoms with E-state index in [0.717, 1.165) is 5.56 Å². The summed E-state index contributed by atoms with van der Waals surface area (Å²) in [6.07, 6.45) is 1.85. The van der Waals surface area contributed by atoms with Crippen LogP contribution < -0.4 is 10.6 Å². The molecule has 8 heteroatoms. The van der Waals surface area contributed by atoms with Crippen LogP contribution in [0.3, 0.4) is 0 Å². The highest BCUT2D eigenvalue weighted by Gasteiger charge is 2.27. The third-order valence-corrected chi connectivity index (χ3v) is 4.40. The van der Waals surface area contributed by atoms with Crippen LogP contribution in [0.1, 0.15) is 32.3 Å². The van der Waals surface area contributed by atoms with Gasteiger partial charge in [-0.1, -0.05) is 44.2 Å². The molecule has 2 atom stereocenters. The summed E-state index contributed by atoms with van der Waals surface area (Å²) in [4.78, 5) is 35.9. The van der Waals surface area contributed by atoms with Gasteiger partial charge in [0, 0.05) is 0 Å². The molecule has 1 aromatic rings. The molecule has 150 valence electrons. The predicted octanol–water partition coefficient (Wildman–Crippen LogP) is 2.65. The lowest BCUT2D eigenvalue weighted by Crippen LogP contribution is -2.52. The summed E-state index contributed by atoms with van der Waals surface area (Å²) in [7, 11) is 0. The Hall–Kier alpha value is -2.22. The van der Waals surface area contributed by atoms with Crippen molar-refractivity contribution in [3.63, 3.8) is 0 Å². The molecule has 0 saturated carbocycles. The Morgan fingerprint density at radius 3 is 2.33 bits per heavy atom. The first-order valence-electron chi connectivity index (χ1n) is 8.82. The van der Waals surface area contributed by atoms with Crippen molar-refractivity contribution in [3.05, 3.63) is 35.9 Å². The highest BCUT2D eigenvalue weighted by atomic mass is 32.2. The van der Waals surface area contributed by atoms with E-state index in [9.17, 15) is 19.5 Å². The zero-order valence-electron chi connectivity index (χ0n) is 15.9. The van der Waals surface area contributed by atoms with Crippen LogP contribution in [-0.2, 0) is 20.9 Å². The second-order valence-electron chi connectivity index (χ2n) is 6.57. The zero-order valence-corrected chi connectivity index (χ0v) is 16.8. The Morgan fingerprint density at radius 2 is 1.78 bits per heavy atom. The number of carbonyl (C=O) groups excluding carboxylic acids is 2. The molecule has 0 aromatic heterocycles. The minimum absolute atomic E-state index is 0.0914. The van der Waals surface area contributed by atoms with Crippen LogP contribution in [0.25, 0.3) is 0 Å². The van der Waals surface area contributed by atoms with E-state index < -0.39 is 30.1 Å². The van der Waals surface area contributed by atoms with Crippen molar-refractivity contribution in [2.45, 2.75) is 45.4 Å². The van der Waals surface area contributed by atoms with E-state index in [1.807, 2.05) is 50.4 Å². The lowest BCUT2D eigenvalue weighted by molar-refractivity contribution is -0.142. The van der Waals surface area contributed by atoms with Crippen molar-refractivity contribution in [1.82, 2.24) is 10.6 Å². The third kappa shape index (κ3) is 9.33. The number of hydrogen-bond acceptors (Lipinski definition) is 5. The number of ether oxygens (including phenoxy) is 1. The van der Waals surface area contributed by atoms with Gasteiger partial charge in [0.05, 0.1) is 0 Å². The molecule has 0 heterocycles. The molecule has 3 N–H and O–H groups in total. The van der Waals surface area contributed by atoms with Gasteiger partial charge in [-0.2, -0.15) is 11.8 Å². The maximum atomic E-state index is 12.5. The van der Waals surface area contributed by atoms with Crippen molar-refractivity contribution < 1.29 is 24.2 Å². The summed E-state index contributed by atoms with van der Waals surface area (Å²) in [6, 6.07) is 7.36. The zero-order chi connectivity index (χ0) is 20.2. The lowest BCUT2D eigenvalue weighted by atomic mass is 10.0. The van der Waals surface area contributed by atoms with Gasteiger partial charge in [0.15, 0.2) is 0 Å². The summed E-state index contributed by atoms with van der Waals surface area (Å²) in [5.74, 6) is -0.871.